The van der Waals surface area contributed by atoms with E-state index in [0.717, 1.165) is 0 Å². The van der Waals surface area contributed by atoms with Crippen LogP contribution < -0.4 is 0 Å². The number of para-hydroxylation sites is 1. The maximum absolute atomic E-state index is 12.7. The summed E-state index contributed by atoms with van der Waals surface area (Å²) in [7, 11) is 0. The Labute approximate surface area is 52.0 Å². The molecule has 0 aliphatic rings. The van der Waals surface area contributed by atoms with Gasteiger partial charge < -0.3 is 5.11 Å². The van der Waals surface area contributed by atoms with Gasteiger partial charge in [0.15, 0.2) is 11.6 Å². The highest BCUT2D eigenvalue weighted by molar-refractivity contribution is 5.21. The van der Waals surface area contributed by atoms with Crippen molar-refractivity contribution >= 4 is 0 Å². The molecule has 0 amide bonds. The highest BCUT2D eigenvalue weighted by Crippen LogP contribution is 2.11. The molecule has 8 heavy (non-hydrogen) atoms. The van der Waals surface area contributed by atoms with Gasteiger partial charge in [0.1, 0.15) is 0 Å². The molecule has 0 unspecified atom stereocenters. The van der Waals surface area contributed by atoms with E-state index in [1.807, 2.05) is 0 Å². The van der Waals surface area contributed by atoms with Gasteiger partial charge in [-0.1, -0.05) is 12.1 Å². The Bertz CT molecular complexity index is 234. The van der Waals surface area contributed by atoms with Crippen LogP contribution in [0.1, 0.15) is 5.48 Å². The third-order valence-corrected chi connectivity index (χ3v) is 0.624. The number of aromatic hydroxyl groups is 1. The number of hydrogen-bond acceptors (Lipinski definition) is 1. The molecule has 2 heteroatoms. The average Bonchev–Trinajstić information content (AvgIpc) is 2.08. The number of phenolic OH excluding ortho intramolecular Hbond substituents is 1. The summed E-state index contributed by atoms with van der Waals surface area (Å²) in [5, 5.41) is 8.81. The topological polar surface area (TPSA) is 20.2 Å². The molecule has 0 atom stereocenters. The van der Waals surface area contributed by atoms with E-state index in [1.165, 1.54) is 0 Å². The van der Waals surface area contributed by atoms with Crippen molar-refractivity contribution in [3.8, 4) is 5.75 Å². The SMILES string of the molecule is [2H]c1c([2H])c([2H])c(F)c(O)c1[2H]. The van der Waals surface area contributed by atoms with Gasteiger partial charge in [-0.05, 0) is 12.1 Å². The Hall–Kier alpha value is -1.05. The number of rotatable bonds is 0. The molecule has 0 fully saturated rings. The highest BCUT2D eigenvalue weighted by Gasteiger charge is 1.91. The minimum absolute atomic E-state index is 0.640. The third-order valence-electron chi connectivity index (χ3n) is 0.624. The van der Waals surface area contributed by atoms with E-state index >= 15 is 0 Å². The van der Waals surface area contributed by atoms with Crippen molar-refractivity contribution < 1.29 is 15.0 Å². The molecule has 0 aromatic heterocycles. The van der Waals surface area contributed by atoms with Crippen molar-refractivity contribution in [2.75, 3.05) is 0 Å². The molecule has 0 radical (unpaired) electrons. The highest BCUT2D eigenvalue weighted by atomic mass is 19.1. The van der Waals surface area contributed by atoms with E-state index in [0.29, 0.717) is 0 Å². The molecule has 0 bridgehead atoms. The molecular formula is C6H5FO. The van der Waals surface area contributed by atoms with Crippen LogP contribution in [0.2, 0.25) is 0 Å². The zero-order chi connectivity index (χ0) is 9.46. The van der Waals surface area contributed by atoms with Crippen molar-refractivity contribution in [3.63, 3.8) is 0 Å². The Morgan fingerprint density at radius 2 is 2.12 bits per heavy atom. The normalized spacial score (nSPS) is 16.1. The van der Waals surface area contributed by atoms with Crippen molar-refractivity contribution in [2.24, 2.45) is 0 Å². The summed E-state index contributed by atoms with van der Waals surface area (Å²) in [6.07, 6.45) is 0. The molecular weight excluding hydrogens is 107 g/mol. The molecule has 1 aromatic rings. The van der Waals surface area contributed by atoms with E-state index < -0.39 is 35.7 Å². The predicted molar refractivity (Wildman–Crippen MR) is 28.1 cm³/mol. The Balaban J connectivity index is 3.60. The summed E-state index contributed by atoms with van der Waals surface area (Å²) in [6, 6.07) is -2.93. The van der Waals surface area contributed by atoms with Gasteiger partial charge in [-0.25, -0.2) is 4.39 Å². The van der Waals surface area contributed by atoms with Crippen molar-refractivity contribution in [3.05, 3.63) is 30.0 Å². The van der Waals surface area contributed by atoms with Crippen LogP contribution in [0.3, 0.4) is 0 Å². The number of phenols is 1. The first-order valence-electron chi connectivity index (χ1n) is 3.91. The van der Waals surface area contributed by atoms with Gasteiger partial charge >= 0.3 is 0 Å². The second-order valence-corrected chi connectivity index (χ2v) is 1.16. The van der Waals surface area contributed by atoms with Gasteiger partial charge in [-0.2, -0.15) is 0 Å². The molecule has 1 nitrogen and oxygen atoms in total. The van der Waals surface area contributed by atoms with Crippen LogP contribution in [0.25, 0.3) is 0 Å². The predicted octanol–water partition coefficient (Wildman–Crippen LogP) is 1.53. The Morgan fingerprint density at radius 1 is 1.50 bits per heavy atom. The fourth-order valence-corrected chi connectivity index (χ4v) is 0.291. The molecule has 0 heterocycles. The third kappa shape index (κ3) is 0.780. The zero-order valence-electron chi connectivity index (χ0n) is 7.83. The van der Waals surface area contributed by atoms with Gasteiger partial charge in [0.05, 0.1) is 5.48 Å². The van der Waals surface area contributed by atoms with E-state index in [1.54, 1.807) is 0 Å². The second-order valence-electron chi connectivity index (χ2n) is 1.16. The molecule has 0 aliphatic carbocycles. The molecule has 0 saturated carbocycles. The average molecular weight is 116 g/mol. The van der Waals surface area contributed by atoms with Crippen molar-refractivity contribution in [2.45, 2.75) is 0 Å². The molecule has 1 aromatic carbocycles. The summed E-state index contributed by atoms with van der Waals surface area (Å²) >= 11 is 0. The molecule has 42 valence electrons. The summed E-state index contributed by atoms with van der Waals surface area (Å²) < 4.78 is 40.5. The van der Waals surface area contributed by atoms with Crippen LogP contribution in [-0.2, 0) is 0 Å². The summed E-state index contributed by atoms with van der Waals surface area (Å²) in [5.74, 6) is -2.36. The van der Waals surface area contributed by atoms with Crippen LogP contribution in [0, 0.1) is 5.82 Å². The summed E-state index contributed by atoms with van der Waals surface area (Å²) in [4.78, 5) is 0. The molecule has 1 rings (SSSR count). The van der Waals surface area contributed by atoms with Gasteiger partial charge in [-0.15, -0.1) is 0 Å². The zero-order valence-corrected chi connectivity index (χ0v) is 3.83. The lowest BCUT2D eigenvalue weighted by Crippen LogP contribution is -1.70. The quantitative estimate of drug-likeness (QED) is 0.545. The van der Waals surface area contributed by atoms with Crippen molar-refractivity contribution in [1.29, 1.82) is 0 Å². The number of hydrogen-bond donors (Lipinski definition) is 1. The van der Waals surface area contributed by atoms with Crippen LogP contribution >= 0.6 is 0 Å². The maximum Gasteiger partial charge on any atom is 0.164 e. The van der Waals surface area contributed by atoms with E-state index in [9.17, 15) is 4.39 Å². The van der Waals surface area contributed by atoms with Gasteiger partial charge in [-0.3, -0.25) is 0 Å². The fraction of sp³-hybridized carbons (Fsp3) is 0. The van der Waals surface area contributed by atoms with Crippen LogP contribution in [0.15, 0.2) is 24.2 Å². The minimum atomic E-state index is -1.32. The first kappa shape index (κ1) is 2.05. The van der Waals surface area contributed by atoms with Crippen LogP contribution in [-0.4, -0.2) is 5.11 Å². The lowest BCUT2D eigenvalue weighted by molar-refractivity contribution is 0.432. The van der Waals surface area contributed by atoms with Crippen LogP contribution in [0.4, 0.5) is 4.39 Å². The monoisotopic (exact) mass is 116 g/mol. The smallest absolute Gasteiger partial charge is 0.164 e. The van der Waals surface area contributed by atoms with Crippen LogP contribution in [0.5, 0.6) is 5.75 Å². The minimum Gasteiger partial charge on any atom is -0.505 e. The molecule has 1 N–H and O–H groups in total. The molecule has 0 spiro atoms. The number of halogens is 1. The Morgan fingerprint density at radius 3 is 2.88 bits per heavy atom. The van der Waals surface area contributed by atoms with Crippen molar-refractivity contribution in [1.82, 2.24) is 0 Å². The first-order chi connectivity index (χ1) is 5.46. The lowest BCUT2D eigenvalue weighted by atomic mass is 10.3. The molecule has 0 saturated heterocycles. The van der Waals surface area contributed by atoms with Gasteiger partial charge in [0.25, 0.3) is 0 Å². The second kappa shape index (κ2) is 1.82. The Kier molecular flexibility index (Phi) is 0.467. The summed E-state index contributed by atoms with van der Waals surface area (Å²) in [6.45, 7) is 0. The van der Waals surface area contributed by atoms with E-state index in [2.05, 4.69) is 0 Å². The van der Waals surface area contributed by atoms with E-state index in [-0.39, 0.29) is 0 Å². The first-order valence-corrected chi connectivity index (χ1v) is 1.91. The standard InChI is InChI=1S/C6H5FO/c7-5-3-1-2-4-6(5)8/h1-4,8H/i1D,2D,3D,4D. The number of benzene rings is 1. The summed E-state index contributed by atoms with van der Waals surface area (Å²) in [5.41, 5.74) is 0. The maximum atomic E-state index is 12.7. The van der Waals surface area contributed by atoms with E-state index in [4.69, 9.17) is 10.6 Å². The lowest BCUT2D eigenvalue weighted by Gasteiger charge is -1.88. The molecule has 0 aliphatic heterocycles. The fourth-order valence-electron chi connectivity index (χ4n) is 0.291. The van der Waals surface area contributed by atoms with Gasteiger partial charge in [0.2, 0.25) is 0 Å². The largest absolute Gasteiger partial charge is 0.505 e. The van der Waals surface area contributed by atoms with Gasteiger partial charge in [0, 0.05) is 0 Å².